The molecule has 45 heavy (non-hydrogen) atoms. The molecule has 0 spiro atoms. The number of rotatable bonds is 4. The summed E-state index contributed by atoms with van der Waals surface area (Å²) in [6, 6.07) is 5.86. The average Bonchev–Trinajstić information content (AvgIpc) is 2.94. The molecule has 238 valence electrons. The zero-order valence-corrected chi connectivity index (χ0v) is 25.6. The molecule has 0 aromatic heterocycles. The number of carbonyl (C=O) groups is 1. The fourth-order valence-corrected chi connectivity index (χ4v) is 8.40. The van der Waals surface area contributed by atoms with Crippen molar-refractivity contribution in [2.24, 2.45) is 0 Å². The van der Waals surface area contributed by atoms with E-state index >= 15 is 0 Å². The van der Waals surface area contributed by atoms with Gasteiger partial charge in [-0.15, -0.1) is 0 Å². The SMILES string of the molecule is C.O=C(O)c1c(Cl)ccc(Cl)c1C1=c2cc3c(c(S(=O)(=O)[O-])c2Oc2c1cc1c(c2S(=O)(=O)[O-])CCCC1)=CCCC3.O=C=O. The Labute approximate surface area is 268 Å². The number of aromatic carboxylic acids is 1. The highest BCUT2D eigenvalue weighted by Gasteiger charge is 2.35. The van der Waals surface area contributed by atoms with Crippen LogP contribution in [0.25, 0.3) is 11.6 Å². The van der Waals surface area contributed by atoms with Crippen molar-refractivity contribution in [2.45, 2.75) is 62.2 Å². The predicted octanol–water partition coefficient (Wildman–Crippen LogP) is 3.90. The Morgan fingerprint density at radius 2 is 1.47 bits per heavy atom. The summed E-state index contributed by atoms with van der Waals surface area (Å²) < 4.78 is 82.6. The number of hydrogen-bond acceptors (Lipinski definition) is 10. The molecule has 0 atom stereocenters. The number of benzene rings is 3. The summed E-state index contributed by atoms with van der Waals surface area (Å²) in [4.78, 5) is 27.4. The fraction of sp³-hybridized carbons (Fsp3) is 0.267. The lowest BCUT2D eigenvalue weighted by atomic mass is 9.83. The predicted molar refractivity (Wildman–Crippen MR) is 159 cm³/mol. The van der Waals surface area contributed by atoms with Gasteiger partial charge in [-0.25, -0.2) is 21.6 Å². The second kappa shape index (κ2) is 12.7. The molecule has 0 saturated carbocycles. The molecule has 3 aromatic carbocycles. The number of carbonyl (C=O) groups excluding carboxylic acids is 2. The van der Waals surface area contributed by atoms with Gasteiger partial charge >= 0.3 is 12.1 Å². The number of carboxylic acid groups (broad SMARTS) is 1. The van der Waals surface area contributed by atoms with Gasteiger partial charge in [0.25, 0.3) is 0 Å². The molecular formula is C30H24Cl2O11S2-2. The standard InChI is InChI=1S/C28H22Cl2O9S2.CO2.CH4/c29-19-9-10-20(30)23(28(31)32)22(19)21-17-11-13-5-1-3-7-15(13)26(40(33,34)35)24(17)39-25-18(21)12-14-6-2-4-8-16(14)27(25)41(36,37)38;2-1-3;/h7,9-12H,1-6,8H2,(H,31,32)(H,33,34,35)(H,36,37,38);;1H4/p-2. The van der Waals surface area contributed by atoms with E-state index < -0.39 is 53.1 Å². The van der Waals surface area contributed by atoms with Crippen molar-refractivity contribution in [1.82, 2.24) is 0 Å². The Morgan fingerprint density at radius 1 is 0.867 bits per heavy atom. The van der Waals surface area contributed by atoms with Gasteiger partial charge in [0.2, 0.25) is 0 Å². The summed E-state index contributed by atoms with van der Waals surface area (Å²) in [6.45, 7) is 0. The largest absolute Gasteiger partial charge is 0.744 e. The summed E-state index contributed by atoms with van der Waals surface area (Å²) in [5.41, 5.74) is 0.811. The highest BCUT2D eigenvalue weighted by molar-refractivity contribution is 7.86. The maximum absolute atomic E-state index is 12.8. The van der Waals surface area contributed by atoms with Gasteiger partial charge in [0.1, 0.15) is 30.0 Å². The minimum atomic E-state index is -5.23. The molecule has 3 aromatic rings. The molecule has 0 radical (unpaired) electrons. The Hall–Kier alpha value is -3.55. The minimum Gasteiger partial charge on any atom is -0.744 e. The third kappa shape index (κ3) is 6.05. The minimum absolute atomic E-state index is 0. The highest BCUT2D eigenvalue weighted by Crippen LogP contribution is 2.48. The van der Waals surface area contributed by atoms with Crippen LogP contribution in [-0.2, 0) is 49.1 Å². The van der Waals surface area contributed by atoms with Gasteiger partial charge in [0.05, 0.1) is 10.6 Å². The average molecular weight is 696 g/mol. The van der Waals surface area contributed by atoms with Gasteiger partial charge in [0.15, 0.2) is 11.5 Å². The van der Waals surface area contributed by atoms with E-state index in [-0.39, 0.29) is 62.7 Å². The van der Waals surface area contributed by atoms with E-state index in [2.05, 4.69) is 0 Å². The molecule has 0 bridgehead atoms. The highest BCUT2D eigenvalue weighted by atomic mass is 35.5. The number of halogens is 2. The lowest BCUT2D eigenvalue weighted by Gasteiger charge is -2.31. The smallest absolute Gasteiger partial charge is 0.373 e. The van der Waals surface area contributed by atoms with Crippen molar-refractivity contribution in [3.63, 3.8) is 0 Å². The van der Waals surface area contributed by atoms with Crippen LogP contribution in [-0.4, -0.2) is 43.2 Å². The first-order valence-corrected chi connectivity index (χ1v) is 16.7. The van der Waals surface area contributed by atoms with E-state index in [0.717, 1.165) is 6.42 Å². The van der Waals surface area contributed by atoms with Crippen molar-refractivity contribution in [3.05, 3.63) is 78.1 Å². The Kier molecular flexibility index (Phi) is 9.68. The van der Waals surface area contributed by atoms with Crippen molar-refractivity contribution in [3.8, 4) is 11.5 Å². The van der Waals surface area contributed by atoms with Gasteiger partial charge in [-0.2, -0.15) is 9.59 Å². The van der Waals surface area contributed by atoms with Crippen LogP contribution in [0.4, 0.5) is 0 Å². The van der Waals surface area contributed by atoms with E-state index in [0.29, 0.717) is 43.2 Å². The second-order valence-electron chi connectivity index (χ2n) is 10.2. The van der Waals surface area contributed by atoms with Crippen molar-refractivity contribution >= 4 is 67.2 Å². The van der Waals surface area contributed by atoms with E-state index in [4.69, 9.17) is 37.5 Å². The summed E-state index contributed by atoms with van der Waals surface area (Å²) in [7, 11) is -10.4. The molecule has 1 aliphatic heterocycles. The molecule has 0 fully saturated rings. The number of ether oxygens (including phenoxy) is 1. The third-order valence-corrected chi connectivity index (χ3v) is 10.2. The molecular weight excluding hydrogens is 671 g/mol. The Balaban J connectivity index is 0.00000111. The van der Waals surface area contributed by atoms with Crippen molar-refractivity contribution < 1.29 is 50.2 Å². The lowest BCUT2D eigenvalue weighted by Crippen LogP contribution is -2.31. The third-order valence-electron chi connectivity index (χ3n) is 7.72. The Morgan fingerprint density at radius 3 is 2.09 bits per heavy atom. The summed E-state index contributed by atoms with van der Waals surface area (Å²) >= 11 is 12.9. The van der Waals surface area contributed by atoms with Gasteiger partial charge in [-0.1, -0.05) is 36.7 Å². The normalized spacial score (nSPS) is 14.8. The summed E-state index contributed by atoms with van der Waals surface area (Å²) in [6.07, 6.45) is 5.44. The summed E-state index contributed by atoms with van der Waals surface area (Å²) in [5, 5.41) is 10.1. The van der Waals surface area contributed by atoms with Crippen LogP contribution >= 0.6 is 23.2 Å². The molecule has 0 saturated heterocycles. The van der Waals surface area contributed by atoms with Crippen LogP contribution in [0.15, 0.2) is 34.1 Å². The fourth-order valence-electron chi connectivity index (χ4n) is 6.13. The molecule has 1 heterocycles. The molecule has 0 amide bonds. The Bertz CT molecular complexity index is 2150. The number of aryl methyl sites for hydroxylation is 2. The molecule has 3 aliphatic rings. The topological polar surface area (TPSA) is 195 Å². The van der Waals surface area contributed by atoms with E-state index in [1.54, 1.807) is 18.2 Å². The van der Waals surface area contributed by atoms with Crippen LogP contribution in [0.2, 0.25) is 10.0 Å². The first-order valence-electron chi connectivity index (χ1n) is 13.1. The molecule has 0 unspecified atom stereocenters. The first kappa shape index (κ1) is 34.3. The lowest BCUT2D eigenvalue weighted by molar-refractivity contribution is -0.191. The van der Waals surface area contributed by atoms with E-state index in [1.807, 2.05) is 0 Å². The van der Waals surface area contributed by atoms with Crippen molar-refractivity contribution in [2.75, 3.05) is 0 Å². The van der Waals surface area contributed by atoms with Gasteiger partial charge in [-0.3, -0.25) is 0 Å². The second-order valence-corrected chi connectivity index (χ2v) is 13.7. The number of hydrogen-bond donors (Lipinski definition) is 1. The number of carboxylic acids is 1. The first-order chi connectivity index (χ1) is 20.7. The van der Waals surface area contributed by atoms with Gasteiger partial charge in [-0.05, 0) is 91.1 Å². The molecule has 15 heteroatoms. The van der Waals surface area contributed by atoms with Gasteiger partial charge in [0, 0.05) is 26.9 Å². The zero-order valence-electron chi connectivity index (χ0n) is 22.4. The zero-order chi connectivity index (χ0) is 32.1. The molecule has 6 rings (SSSR count). The monoisotopic (exact) mass is 694 g/mol. The number of fused-ring (bicyclic) bond motifs is 4. The quantitative estimate of drug-likeness (QED) is 0.304. The molecule has 11 nitrogen and oxygen atoms in total. The van der Waals surface area contributed by atoms with E-state index in [9.17, 15) is 35.8 Å². The van der Waals surface area contributed by atoms with Crippen LogP contribution in [0.3, 0.4) is 0 Å². The van der Waals surface area contributed by atoms with Crippen LogP contribution in [0.5, 0.6) is 11.5 Å². The van der Waals surface area contributed by atoms with Crippen LogP contribution in [0, 0.1) is 0 Å². The van der Waals surface area contributed by atoms with Crippen LogP contribution in [0.1, 0.15) is 71.3 Å². The molecule has 1 N–H and O–H groups in total. The van der Waals surface area contributed by atoms with Gasteiger partial charge < -0.3 is 18.9 Å². The van der Waals surface area contributed by atoms with Crippen molar-refractivity contribution in [1.29, 1.82) is 0 Å². The van der Waals surface area contributed by atoms with E-state index in [1.165, 1.54) is 12.1 Å². The maximum atomic E-state index is 12.8. The summed E-state index contributed by atoms with van der Waals surface area (Å²) in [5.74, 6) is -2.42. The van der Waals surface area contributed by atoms with Crippen LogP contribution < -0.4 is 15.2 Å². The maximum Gasteiger partial charge on any atom is 0.373 e. The molecule has 2 aliphatic carbocycles.